The van der Waals surface area contributed by atoms with E-state index in [1.165, 1.54) is 6.33 Å². The topological polar surface area (TPSA) is 104 Å². The minimum absolute atomic E-state index is 0. The Hall–Kier alpha value is -1.87. The maximum atomic E-state index is 12.7. The Morgan fingerprint density at radius 2 is 2.11 bits per heavy atom. The van der Waals surface area contributed by atoms with Gasteiger partial charge in [0.15, 0.2) is 0 Å². The van der Waals surface area contributed by atoms with Gasteiger partial charge in [-0.2, -0.15) is 5.10 Å². The molecule has 3 rings (SSSR count). The van der Waals surface area contributed by atoms with Gasteiger partial charge in [0.2, 0.25) is 5.91 Å². The molecule has 27 heavy (non-hydrogen) atoms. The van der Waals surface area contributed by atoms with Crippen molar-refractivity contribution in [3.63, 3.8) is 0 Å². The van der Waals surface area contributed by atoms with Crippen molar-refractivity contribution in [2.75, 3.05) is 31.7 Å². The quantitative estimate of drug-likeness (QED) is 0.712. The van der Waals surface area contributed by atoms with Crippen LogP contribution < -0.4 is 15.8 Å². The number of aromatic nitrogens is 3. The van der Waals surface area contributed by atoms with Crippen molar-refractivity contribution in [3.05, 3.63) is 36.9 Å². The molecule has 1 amide bonds. The first-order chi connectivity index (χ1) is 12.2. The van der Waals surface area contributed by atoms with Crippen LogP contribution in [0.2, 0.25) is 0 Å². The summed E-state index contributed by atoms with van der Waals surface area (Å²) in [5.74, 6) is 0.629. The third-order valence-electron chi connectivity index (χ3n) is 4.47. The van der Waals surface area contributed by atoms with Crippen molar-refractivity contribution < 1.29 is 14.3 Å². The zero-order valence-corrected chi connectivity index (χ0v) is 16.5. The largest absolute Gasteiger partial charge is 0.492 e. The van der Waals surface area contributed by atoms with E-state index in [0.717, 1.165) is 0 Å². The Morgan fingerprint density at radius 1 is 1.33 bits per heavy atom. The average Bonchev–Trinajstić information content (AvgIpc) is 3.16. The Bertz CT molecular complexity index is 694. The molecular formula is C17H25Cl2N5O3. The van der Waals surface area contributed by atoms with E-state index < -0.39 is 5.41 Å². The normalized spacial score (nSPS) is 15.1. The summed E-state index contributed by atoms with van der Waals surface area (Å²) < 4.78 is 12.8. The molecule has 0 aliphatic carbocycles. The van der Waals surface area contributed by atoms with Gasteiger partial charge in [-0.25, -0.2) is 9.67 Å². The number of rotatable bonds is 7. The van der Waals surface area contributed by atoms with Gasteiger partial charge in [-0.1, -0.05) is 6.07 Å². The van der Waals surface area contributed by atoms with Crippen molar-refractivity contribution in [1.29, 1.82) is 0 Å². The number of anilines is 1. The van der Waals surface area contributed by atoms with E-state index >= 15 is 0 Å². The summed E-state index contributed by atoms with van der Waals surface area (Å²) in [5, 5.41) is 6.99. The van der Waals surface area contributed by atoms with Gasteiger partial charge in [-0.05, 0) is 25.0 Å². The van der Waals surface area contributed by atoms with Gasteiger partial charge in [-0.15, -0.1) is 24.8 Å². The van der Waals surface area contributed by atoms with E-state index in [1.807, 2.05) is 24.3 Å². The van der Waals surface area contributed by atoms with Crippen LogP contribution in [-0.4, -0.2) is 47.0 Å². The Balaban J connectivity index is 0.00000182. The summed E-state index contributed by atoms with van der Waals surface area (Å²) in [6.45, 7) is 2.51. The zero-order chi connectivity index (χ0) is 17.5. The average molecular weight is 418 g/mol. The van der Waals surface area contributed by atoms with Gasteiger partial charge in [0.05, 0.1) is 12.0 Å². The maximum absolute atomic E-state index is 12.7. The second-order valence-electron chi connectivity index (χ2n) is 6.09. The van der Waals surface area contributed by atoms with Crippen LogP contribution in [0.1, 0.15) is 12.8 Å². The highest BCUT2D eigenvalue weighted by Gasteiger charge is 2.38. The molecule has 0 atom stereocenters. The number of benzene rings is 1. The summed E-state index contributed by atoms with van der Waals surface area (Å²) in [4.78, 5) is 16.6. The van der Waals surface area contributed by atoms with Crippen LogP contribution in [0, 0.1) is 5.41 Å². The second-order valence-corrected chi connectivity index (χ2v) is 6.09. The second kappa shape index (κ2) is 11.1. The Kier molecular flexibility index (Phi) is 9.51. The van der Waals surface area contributed by atoms with Crippen molar-refractivity contribution in [2.45, 2.75) is 19.4 Å². The highest BCUT2D eigenvalue weighted by molar-refractivity contribution is 5.95. The van der Waals surface area contributed by atoms with E-state index in [2.05, 4.69) is 15.4 Å². The maximum Gasteiger partial charge on any atom is 0.232 e. The number of hydrogen-bond donors (Lipinski definition) is 2. The van der Waals surface area contributed by atoms with Crippen LogP contribution in [0.5, 0.6) is 5.75 Å². The predicted molar refractivity (Wildman–Crippen MR) is 107 cm³/mol. The summed E-state index contributed by atoms with van der Waals surface area (Å²) >= 11 is 0. The first-order valence-corrected chi connectivity index (χ1v) is 8.36. The van der Waals surface area contributed by atoms with Crippen molar-refractivity contribution in [1.82, 2.24) is 14.8 Å². The van der Waals surface area contributed by atoms with Crippen molar-refractivity contribution in [3.8, 4) is 5.75 Å². The number of hydrogen-bond acceptors (Lipinski definition) is 6. The lowest BCUT2D eigenvalue weighted by Crippen LogP contribution is -2.46. The summed E-state index contributed by atoms with van der Waals surface area (Å²) in [5.41, 5.74) is 6.02. The van der Waals surface area contributed by atoms with E-state index in [-0.39, 0.29) is 30.7 Å². The van der Waals surface area contributed by atoms with Crippen LogP contribution in [0.4, 0.5) is 5.69 Å². The molecule has 0 spiro atoms. The Labute approximate surface area is 170 Å². The molecule has 3 N–H and O–H groups in total. The summed E-state index contributed by atoms with van der Waals surface area (Å²) in [6, 6.07) is 7.35. The minimum atomic E-state index is -0.553. The molecule has 2 aromatic rings. The lowest BCUT2D eigenvalue weighted by Gasteiger charge is -2.34. The summed E-state index contributed by atoms with van der Waals surface area (Å²) in [7, 11) is 0. The molecule has 0 radical (unpaired) electrons. The van der Waals surface area contributed by atoms with Gasteiger partial charge >= 0.3 is 0 Å². The van der Waals surface area contributed by atoms with Crippen LogP contribution in [0.3, 0.4) is 0 Å². The number of ether oxygens (including phenoxy) is 2. The number of nitrogens with one attached hydrogen (secondary N) is 1. The molecule has 8 nitrogen and oxygen atoms in total. The number of carbonyl (C=O) groups is 1. The third-order valence-corrected chi connectivity index (χ3v) is 4.47. The fourth-order valence-corrected chi connectivity index (χ4v) is 2.82. The van der Waals surface area contributed by atoms with Gasteiger partial charge < -0.3 is 20.5 Å². The molecule has 1 aliphatic heterocycles. The number of nitrogens with zero attached hydrogens (tertiary/aromatic N) is 3. The number of carbonyl (C=O) groups excluding carboxylic acids is 1. The first kappa shape index (κ1) is 23.2. The van der Waals surface area contributed by atoms with Crippen molar-refractivity contribution >= 4 is 36.4 Å². The molecule has 0 bridgehead atoms. The summed E-state index contributed by atoms with van der Waals surface area (Å²) in [6.07, 6.45) is 4.41. The molecule has 1 aromatic heterocycles. The van der Waals surface area contributed by atoms with Gasteiger partial charge in [0.1, 0.15) is 25.0 Å². The third kappa shape index (κ3) is 6.07. The lowest BCUT2D eigenvalue weighted by atomic mass is 9.79. The molecule has 0 unspecified atom stereocenters. The van der Waals surface area contributed by atoms with E-state index in [4.69, 9.17) is 15.2 Å². The smallest absolute Gasteiger partial charge is 0.232 e. The van der Waals surface area contributed by atoms with Gasteiger partial charge in [-0.3, -0.25) is 4.79 Å². The molecule has 1 aliphatic rings. The SMILES string of the molecule is Cl.Cl.NCC1(C(=O)Nc2cccc(OCCn3cncn3)c2)CCOCC1. The molecule has 1 fully saturated rings. The van der Waals surface area contributed by atoms with Gasteiger partial charge in [0, 0.05) is 31.5 Å². The van der Waals surface area contributed by atoms with Crippen LogP contribution >= 0.6 is 24.8 Å². The molecule has 10 heteroatoms. The fourth-order valence-electron chi connectivity index (χ4n) is 2.82. The molecule has 1 saturated heterocycles. The zero-order valence-electron chi connectivity index (χ0n) is 14.9. The molecular weight excluding hydrogens is 393 g/mol. The number of halogens is 2. The first-order valence-electron chi connectivity index (χ1n) is 8.36. The molecule has 2 heterocycles. The van der Waals surface area contributed by atoms with Gasteiger partial charge in [0.25, 0.3) is 0 Å². The van der Waals surface area contributed by atoms with E-state index in [9.17, 15) is 4.79 Å². The predicted octanol–water partition coefficient (Wildman–Crippen LogP) is 1.89. The standard InChI is InChI=1S/C17H23N5O3.2ClH/c18-11-17(4-7-24-8-5-17)16(23)21-14-2-1-3-15(10-14)25-9-6-22-13-19-12-20-22;;/h1-3,10,12-13H,4-9,11,18H2,(H,21,23);2*1H. The van der Waals surface area contributed by atoms with E-state index in [0.29, 0.717) is 57.2 Å². The molecule has 1 aromatic carbocycles. The monoisotopic (exact) mass is 417 g/mol. The minimum Gasteiger partial charge on any atom is -0.492 e. The lowest BCUT2D eigenvalue weighted by molar-refractivity contribution is -0.130. The molecule has 0 saturated carbocycles. The highest BCUT2D eigenvalue weighted by Crippen LogP contribution is 2.31. The van der Waals surface area contributed by atoms with Crippen LogP contribution in [0.25, 0.3) is 0 Å². The van der Waals surface area contributed by atoms with Crippen LogP contribution in [0.15, 0.2) is 36.9 Å². The van der Waals surface area contributed by atoms with Crippen LogP contribution in [-0.2, 0) is 16.1 Å². The number of nitrogens with two attached hydrogens (primary N) is 1. The van der Waals surface area contributed by atoms with Crippen molar-refractivity contribution in [2.24, 2.45) is 11.1 Å². The van der Waals surface area contributed by atoms with E-state index in [1.54, 1.807) is 11.0 Å². The molecule has 150 valence electrons. The Morgan fingerprint density at radius 3 is 2.78 bits per heavy atom. The fraction of sp³-hybridized carbons (Fsp3) is 0.471. The number of amides is 1. The highest BCUT2D eigenvalue weighted by atomic mass is 35.5.